The number of alkyl carbamates (subject to hydrolysis) is 1. The number of carbonyl (C=O) groups excluding carboxylic acids is 1. The van der Waals surface area contributed by atoms with Gasteiger partial charge < -0.3 is 15.2 Å². The molecule has 0 bridgehead atoms. The third-order valence-electron chi connectivity index (χ3n) is 6.91. The smallest absolute Gasteiger partial charge is 0.408 e. The highest BCUT2D eigenvalue weighted by Crippen LogP contribution is 2.48. The molecule has 0 aliphatic heterocycles. The van der Waals surface area contributed by atoms with Gasteiger partial charge in [-0.2, -0.15) is 9.61 Å². The molecule has 9 nitrogen and oxygen atoms in total. The SMILES string of the molecule is CC(C)(C)OC(=O)N[C@]1(c2ccc(-c3nc4c(cnc5ccnn54)nc3-c3ccccc3)cc2)C[C@@](C)(O)C1. The van der Waals surface area contributed by atoms with Crippen molar-refractivity contribution in [3.63, 3.8) is 0 Å². The molecule has 1 amide bonds. The first-order valence-electron chi connectivity index (χ1n) is 12.9. The fraction of sp³-hybridized carbons (Fsp3) is 0.300. The van der Waals surface area contributed by atoms with Crippen LogP contribution in [0.2, 0.25) is 0 Å². The van der Waals surface area contributed by atoms with Gasteiger partial charge in [0.2, 0.25) is 0 Å². The van der Waals surface area contributed by atoms with Crippen molar-refractivity contribution in [3.8, 4) is 22.5 Å². The molecule has 0 saturated heterocycles. The summed E-state index contributed by atoms with van der Waals surface area (Å²) in [6.07, 6.45) is 3.66. The molecular formula is C30H30N6O3. The standard InChI is InChI=1S/C30H30N6O3/c1-28(2,3)39-27(37)35-30(17-29(4,38)18-30)21-12-10-20(11-13-21)25-24(19-8-6-5-7-9-19)33-22-16-31-23-14-15-32-36(23)26(22)34-25/h5-16,38H,17-18H2,1-4H3,(H,35,37)/t29-,30-. The van der Waals surface area contributed by atoms with Crippen LogP contribution >= 0.6 is 0 Å². The Morgan fingerprint density at radius 2 is 1.64 bits per heavy atom. The fourth-order valence-corrected chi connectivity index (χ4v) is 5.42. The molecule has 1 aliphatic carbocycles. The molecule has 1 saturated carbocycles. The Labute approximate surface area is 225 Å². The van der Waals surface area contributed by atoms with Crippen molar-refractivity contribution in [2.45, 2.75) is 57.3 Å². The van der Waals surface area contributed by atoms with Crippen LogP contribution in [0.1, 0.15) is 46.1 Å². The van der Waals surface area contributed by atoms with E-state index in [0.29, 0.717) is 35.3 Å². The van der Waals surface area contributed by atoms with E-state index in [1.807, 2.05) is 81.4 Å². The maximum Gasteiger partial charge on any atom is 0.408 e. The number of carbonyl (C=O) groups is 1. The summed E-state index contributed by atoms with van der Waals surface area (Å²) in [6.45, 7) is 7.25. The summed E-state index contributed by atoms with van der Waals surface area (Å²) in [5.41, 5.74) is 3.84. The Balaban J connectivity index is 1.43. The van der Waals surface area contributed by atoms with Gasteiger partial charge in [0.1, 0.15) is 11.1 Å². The predicted octanol–water partition coefficient (Wildman–Crippen LogP) is 5.27. The lowest BCUT2D eigenvalue weighted by Crippen LogP contribution is -2.62. The summed E-state index contributed by atoms with van der Waals surface area (Å²) >= 11 is 0. The molecule has 0 radical (unpaired) electrons. The van der Waals surface area contributed by atoms with E-state index in [1.54, 1.807) is 23.8 Å². The highest BCUT2D eigenvalue weighted by Gasteiger charge is 2.53. The number of nitrogens with zero attached hydrogens (tertiary/aromatic N) is 5. The van der Waals surface area contributed by atoms with Gasteiger partial charge in [0.25, 0.3) is 0 Å². The molecule has 9 heteroatoms. The van der Waals surface area contributed by atoms with Crippen molar-refractivity contribution in [2.24, 2.45) is 0 Å². The van der Waals surface area contributed by atoms with Gasteiger partial charge in [0.15, 0.2) is 11.3 Å². The largest absolute Gasteiger partial charge is 0.444 e. The van der Waals surface area contributed by atoms with E-state index in [4.69, 9.17) is 14.7 Å². The van der Waals surface area contributed by atoms with Crippen LogP contribution in [0.25, 0.3) is 39.3 Å². The minimum absolute atomic E-state index is 0.383. The number of aromatic nitrogens is 5. The van der Waals surface area contributed by atoms with Gasteiger partial charge in [-0.1, -0.05) is 54.6 Å². The summed E-state index contributed by atoms with van der Waals surface area (Å²) in [5, 5.41) is 18.0. The summed E-state index contributed by atoms with van der Waals surface area (Å²) < 4.78 is 7.21. The molecule has 0 unspecified atom stereocenters. The molecule has 2 aromatic carbocycles. The minimum atomic E-state index is -0.874. The van der Waals surface area contributed by atoms with Crippen molar-refractivity contribution in [3.05, 3.63) is 78.6 Å². The van der Waals surface area contributed by atoms with Gasteiger partial charge in [-0.25, -0.2) is 19.7 Å². The maximum atomic E-state index is 12.7. The lowest BCUT2D eigenvalue weighted by Gasteiger charge is -2.52. The van der Waals surface area contributed by atoms with Crippen LogP contribution in [-0.4, -0.2) is 47.0 Å². The lowest BCUT2D eigenvalue weighted by atomic mass is 9.62. The number of hydrogen-bond donors (Lipinski definition) is 2. The van der Waals surface area contributed by atoms with Crippen LogP contribution in [-0.2, 0) is 10.3 Å². The number of ether oxygens (including phenoxy) is 1. The average molecular weight is 523 g/mol. The molecule has 39 heavy (non-hydrogen) atoms. The summed E-state index contributed by atoms with van der Waals surface area (Å²) in [4.78, 5) is 27.1. The molecule has 6 rings (SSSR count). The molecule has 1 aliphatic rings. The number of hydrogen-bond acceptors (Lipinski definition) is 7. The van der Waals surface area contributed by atoms with E-state index in [2.05, 4.69) is 15.4 Å². The summed E-state index contributed by atoms with van der Waals surface area (Å²) in [7, 11) is 0. The van der Waals surface area contributed by atoms with Crippen molar-refractivity contribution in [1.29, 1.82) is 0 Å². The zero-order valence-electron chi connectivity index (χ0n) is 22.3. The molecule has 1 fully saturated rings. The monoisotopic (exact) mass is 522 g/mol. The third kappa shape index (κ3) is 4.70. The second-order valence-electron chi connectivity index (χ2n) is 11.5. The third-order valence-corrected chi connectivity index (χ3v) is 6.91. The number of fused-ring (bicyclic) bond motifs is 3. The van der Waals surface area contributed by atoms with Gasteiger partial charge in [0.05, 0.1) is 34.9 Å². The summed E-state index contributed by atoms with van der Waals surface area (Å²) in [5.74, 6) is 0. The van der Waals surface area contributed by atoms with E-state index in [9.17, 15) is 9.90 Å². The van der Waals surface area contributed by atoms with E-state index < -0.39 is 22.8 Å². The van der Waals surface area contributed by atoms with E-state index in [0.717, 1.165) is 22.4 Å². The van der Waals surface area contributed by atoms with E-state index >= 15 is 0 Å². The molecule has 3 aromatic heterocycles. The highest BCUT2D eigenvalue weighted by molar-refractivity contribution is 5.85. The Morgan fingerprint density at radius 1 is 0.974 bits per heavy atom. The first kappa shape index (κ1) is 24.9. The molecular weight excluding hydrogens is 492 g/mol. The first-order valence-corrected chi connectivity index (χ1v) is 12.9. The molecule has 0 spiro atoms. The van der Waals surface area contributed by atoms with Crippen LogP contribution in [0.15, 0.2) is 73.1 Å². The molecule has 3 heterocycles. The van der Waals surface area contributed by atoms with Crippen molar-refractivity contribution in [1.82, 2.24) is 29.9 Å². The number of nitrogens with one attached hydrogen (secondary N) is 1. The summed E-state index contributed by atoms with van der Waals surface area (Å²) in [6, 6.07) is 19.6. The second-order valence-corrected chi connectivity index (χ2v) is 11.5. The Hall–Kier alpha value is -4.37. The van der Waals surface area contributed by atoms with E-state index in [1.165, 1.54) is 0 Å². The number of aliphatic hydroxyl groups is 1. The van der Waals surface area contributed by atoms with Crippen LogP contribution in [0.4, 0.5) is 4.79 Å². The van der Waals surface area contributed by atoms with Gasteiger partial charge in [0, 0.05) is 30.0 Å². The van der Waals surface area contributed by atoms with Crippen molar-refractivity contribution in [2.75, 3.05) is 0 Å². The number of benzene rings is 2. The maximum absolute atomic E-state index is 12.7. The first-order chi connectivity index (χ1) is 18.5. The minimum Gasteiger partial charge on any atom is -0.444 e. The van der Waals surface area contributed by atoms with E-state index in [-0.39, 0.29) is 0 Å². The Kier molecular flexibility index (Phi) is 5.65. The van der Waals surface area contributed by atoms with Crippen molar-refractivity contribution < 1.29 is 14.6 Å². The number of rotatable bonds is 4. The topological polar surface area (TPSA) is 115 Å². The zero-order chi connectivity index (χ0) is 27.4. The average Bonchev–Trinajstić information content (AvgIpc) is 3.36. The number of amides is 1. The molecule has 0 atom stereocenters. The van der Waals surface area contributed by atoms with Gasteiger partial charge >= 0.3 is 6.09 Å². The van der Waals surface area contributed by atoms with Crippen LogP contribution in [0.3, 0.4) is 0 Å². The Morgan fingerprint density at radius 3 is 2.31 bits per heavy atom. The highest BCUT2D eigenvalue weighted by atomic mass is 16.6. The molecule has 198 valence electrons. The second kappa shape index (κ2) is 8.84. The zero-order valence-corrected chi connectivity index (χ0v) is 22.3. The fourth-order valence-electron chi connectivity index (χ4n) is 5.42. The van der Waals surface area contributed by atoms with Crippen LogP contribution < -0.4 is 5.32 Å². The van der Waals surface area contributed by atoms with Crippen LogP contribution in [0, 0.1) is 0 Å². The Bertz CT molecular complexity index is 1680. The van der Waals surface area contributed by atoms with Gasteiger partial charge in [-0.15, -0.1) is 0 Å². The lowest BCUT2D eigenvalue weighted by molar-refractivity contribution is -0.0892. The van der Waals surface area contributed by atoms with Crippen LogP contribution in [0.5, 0.6) is 0 Å². The molecule has 2 N–H and O–H groups in total. The predicted molar refractivity (Wildman–Crippen MR) is 148 cm³/mol. The normalized spacial score (nSPS) is 21.1. The van der Waals surface area contributed by atoms with Gasteiger partial charge in [-0.05, 0) is 33.3 Å². The molecule has 5 aromatic rings. The quantitative estimate of drug-likeness (QED) is 0.330. The van der Waals surface area contributed by atoms with Gasteiger partial charge in [-0.3, -0.25) is 0 Å². The van der Waals surface area contributed by atoms with Crippen molar-refractivity contribution >= 4 is 22.9 Å².